The summed E-state index contributed by atoms with van der Waals surface area (Å²) < 4.78 is 11.6. The monoisotopic (exact) mass is 410 g/mol. The summed E-state index contributed by atoms with van der Waals surface area (Å²) in [5.41, 5.74) is 6.95. The third-order valence-corrected chi connectivity index (χ3v) is 6.52. The molecule has 0 spiro atoms. The fraction of sp³-hybridized carbons (Fsp3) is 0.520. The Bertz CT molecular complexity index is 927. The standard InChI is InChI=1S/C25H34N2O3/c1-16-21-15-25(4,5)30-24(21)22(18(3)28)17(2)23(16)27-13-11-26(12-14-27)19-7-9-20(29-6)10-8-19/h7-10,18,28H,11-15H2,1-6H3. The fourth-order valence-electron chi connectivity index (χ4n) is 5.08. The molecule has 30 heavy (non-hydrogen) atoms. The van der Waals surface area contributed by atoms with Crippen molar-refractivity contribution in [2.45, 2.75) is 52.7 Å². The molecule has 2 aliphatic rings. The van der Waals surface area contributed by atoms with Crippen molar-refractivity contribution < 1.29 is 14.6 Å². The van der Waals surface area contributed by atoms with Crippen LogP contribution in [0.2, 0.25) is 0 Å². The molecule has 1 saturated heterocycles. The first-order valence-corrected chi connectivity index (χ1v) is 10.9. The summed E-state index contributed by atoms with van der Waals surface area (Å²) in [6.45, 7) is 14.3. The summed E-state index contributed by atoms with van der Waals surface area (Å²) in [5.74, 6) is 1.79. The van der Waals surface area contributed by atoms with Crippen LogP contribution >= 0.6 is 0 Å². The fourth-order valence-corrected chi connectivity index (χ4v) is 5.08. The van der Waals surface area contributed by atoms with Crippen LogP contribution in [0.4, 0.5) is 11.4 Å². The SMILES string of the molecule is COc1ccc(N2CCN(c3c(C)c4c(c(C(C)O)c3C)OC(C)(C)C4)CC2)cc1. The van der Waals surface area contributed by atoms with Crippen LogP contribution in [0.3, 0.4) is 0 Å². The van der Waals surface area contributed by atoms with Crippen LogP contribution in [0.5, 0.6) is 11.5 Å². The number of aliphatic hydroxyl groups excluding tert-OH is 1. The predicted molar refractivity (Wildman–Crippen MR) is 122 cm³/mol. The highest BCUT2D eigenvalue weighted by molar-refractivity contribution is 5.71. The smallest absolute Gasteiger partial charge is 0.129 e. The summed E-state index contributed by atoms with van der Waals surface area (Å²) in [4.78, 5) is 4.91. The van der Waals surface area contributed by atoms with Crippen LogP contribution in [0.15, 0.2) is 24.3 Å². The van der Waals surface area contributed by atoms with Crippen LogP contribution < -0.4 is 19.3 Å². The lowest BCUT2D eigenvalue weighted by atomic mass is 9.89. The summed E-state index contributed by atoms with van der Waals surface area (Å²) in [6.07, 6.45) is 0.333. The maximum Gasteiger partial charge on any atom is 0.129 e. The number of piperazine rings is 1. The molecule has 0 radical (unpaired) electrons. The third-order valence-electron chi connectivity index (χ3n) is 6.52. The van der Waals surface area contributed by atoms with Crippen LogP contribution in [0.25, 0.3) is 0 Å². The lowest BCUT2D eigenvalue weighted by Crippen LogP contribution is -2.47. The molecule has 2 aromatic carbocycles. The van der Waals surface area contributed by atoms with Gasteiger partial charge >= 0.3 is 0 Å². The zero-order chi connectivity index (χ0) is 21.6. The van der Waals surface area contributed by atoms with E-state index in [1.807, 2.05) is 19.1 Å². The Balaban J connectivity index is 1.62. The van der Waals surface area contributed by atoms with Gasteiger partial charge in [0, 0.05) is 55.1 Å². The normalized spacial score (nSPS) is 18.8. The molecule has 162 valence electrons. The summed E-state index contributed by atoms with van der Waals surface area (Å²) in [5, 5.41) is 10.6. The maximum absolute atomic E-state index is 10.6. The molecule has 1 N–H and O–H groups in total. The number of hydrogen-bond donors (Lipinski definition) is 1. The highest BCUT2D eigenvalue weighted by Gasteiger charge is 2.37. The number of methoxy groups -OCH3 is 1. The van der Waals surface area contributed by atoms with Gasteiger partial charge in [-0.05, 0) is 70.0 Å². The van der Waals surface area contributed by atoms with E-state index in [1.165, 1.54) is 22.5 Å². The van der Waals surface area contributed by atoms with Gasteiger partial charge < -0.3 is 24.4 Å². The van der Waals surface area contributed by atoms with E-state index < -0.39 is 6.10 Å². The molecule has 1 unspecified atom stereocenters. The van der Waals surface area contributed by atoms with Gasteiger partial charge in [0.05, 0.1) is 13.2 Å². The van der Waals surface area contributed by atoms with Crippen molar-refractivity contribution >= 4 is 11.4 Å². The van der Waals surface area contributed by atoms with Crippen molar-refractivity contribution in [2.75, 3.05) is 43.1 Å². The maximum atomic E-state index is 10.6. The minimum atomic E-state index is -0.549. The van der Waals surface area contributed by atoms with Crippen molar-refractivity contribution in [1.82, 2.24) is 0 Å². The molecular formula is C25H34N2O3. The number of aliphatic hydroxyl groups is 1. The molecule has 4 rings (SSSR count). The summed E-state index contributed by atoms with van der Waals surface area (Å²) in [6, 6.07) is 8.30. The van der Waals surface area contributed by atoms with E-state index in [2.05, 4.69) is 49.6 Å². The Hall–Kier alpha value is -2.40. The van der Waals surface area contributed by atoms with E-state index in [1.54, 1.807) is 7.11 Å². The minimum absolute atomic E-state index is 0.227. The number of hydrogen-bond acceptors (Lipinski definition) is 5. The Kier molecular flexibility index (Phi) is 5.35. The van der Waals surface area contributed by atoms with E-state index in [4.69, 9.17) is 9.47 Å². The van der Waals surface area contributed by atoms with Crippen LogP contribution in [-0.2, 0) is 6.42 Å². The molecular weight excluding hydrogens is 376 g/mol. The lowest BCUT2D eigenvalue weighted by Gasteiger charge is -2.39. The van der Waals surface area contributed by atoms with Gasteiger partial charge in [0.1, 0.15) is 17.1 Å². The molecule has 0 aromatic heterocycles. The quantitative estimate of drug-likeness (QED) is 0.809. The minimum Gasteiger partial charge on any atom is -0.497 e. The van der Waals surface area contributed by atoms with E-state index in [-0.39, 0.29) is 5.60 Å². The zero-order valence-electron chi connectivity index (χ0n) is 19.1. The van der Waals surface area contributed by atoms with Crippen molar-refractivity contribution in [1.29, 1.82) is 0 Å². The molecule has 1 atom stereocenters. The largest absolute Gasteiger partial charge is 0.497 e. The van der Waals surface area contributed by atoms with Gasteiger partial charge in [0.15, 0.2) is 0 Å². The first-order chi connectivity index (χ1) is 14.2. The molecule has 0 bridgehead atoms. The highest BCUT2D eigenvalue weighted by atomic mass is 16.5. The average molecular weight is 411 g/mol. The second-order valence-corrected chi connectivity index (χ2v) is 9.21. The highest BCUT2D eigenvalue weighted by Crippen LogP contribution is 2.48. The molecule has 1 fully saturated rings. The first kappa shape index (κ1) is 20.9. The number of rotatable bonds is 4. The van der Waals surface area contributed by atoms with E-state index >= 15 is 0 Å². The van der Waals surface area contributed by atoms with Gasteiger partial charge in [-0.1, -0.05) is 0 Å². The number of ether oxygens (including phenoxy) is 2. The number of anilines is 2. The molecule has 5 nitrogen and oxygen atoms in total. The Labute approximate surface area is 180 Å². The molecule has 0 saturated carbocycles. The Morgan fingerprint density at radius 1 is 1.00 bits per heavy atom. The van der Waals surface area contributed by atoms with Gasteiger partial charge in [-0.3, -0.25) is 0 Å². The molecule has 2 heterocycles. The van der Waals surface area contributed by atoms with Crippen LogP contribution in [0, 0.1) is 13.8 Å². The van der Waals surface area contributed by atoms with Gasteiger partial charge in [-0.2, -0.15) is 0 Å². The van der Waals surface area contributed by atoms with Crippen molar-refractivity contribution in [3.63, 3.8) is 0 Å². The van der Waals surface area contributed by atoms with E-state index in [9.17, 15) is 5.11 Å². The van der Waals surface area contributed by atoms with Crippen LogP contribution in [0.1, 0.15) is 49.1 Å². The second kappa shape index (κ2) is 7.69. The van der Waals surface area contributed by atoms with Gasteiger partial charge in [-0.15, -0.1) is 0 Å². The average Bonchev–Trinajstić information content (AvgIpc) is 3.03. The van der Waals surface area contributed by atoms with E-state index in [0.717, 1.165) is 55.2 Å². The third kappa shape index (κ3) is 3.60. The van der Waals surface area contributed by atoms with Crippen LogP contribution in [-0.4, -0.2) is 44.0 Å². The van der Waals surface area contributed by atoms with Crippen molar-refractivity contribution in [3.8, 4) is 11.5 Å². The number of fused-ring (bicyclic) bond motifs is 1. The Morgan fingerprint density at radius 3 is 2.17 bits per heavy atom. The number of nitrogens with zero attached hydrogens (tertiary/aromatic N) is 2. The Morgan fingerprint density at radius 2 is 1.60 bits per heavy atom. The first-order valence-electron chi connectivity index (χ1n) is 10.9. The molecule has 0 aliphatic carbocycles. The van der Waals surface area contributed by atoms with Crippen molar-refractivity contribution in [2.24, 2.45) is 0 Å². The lowest BCUT2D eigenvalue weighted by molar-refractivity contribution is 0.129. The second-order valence-electron chi connectivity index (χ2n) is 9.21. The summed E-state index contributed by atoms with van der Waals surface area (Å²) >= 11 is 0. The molecule has 5 heteroatoms. The van der Waals surface area contributed by atoms with Crippen molar-refractivity contribution in [3.05, 3.63) is 46.5 Å². The molecule has 0 amide bonds. The van der Waals surface area contributed by atoms with E-state index in [0.29, 0.717) is 0 Å². The number of benzene rings is 2. The van der Waals surface area contributed by atoms with Gasteiger partial charge in [0.2, 0.25) is 0 Å². The molecule has 2 aliphatic heterocycles. The topological polar surface area (TPSA) is 45.2 Å². The van der Waals surface area contributed by atoms with Gasteiger partial charge in [-0.25, -0.2) is 0 Å². The molecule has 2 aromatic rings. The zero-order valence-corrected chi connectivity index (χ0v) is 19.1. The predicted octanol–water partition coefficient (Wildman–Crippen LogP) is 4.41. The summed E-state index contributed by atoms with van der Waals surface area (Å²) in [7, 11) is 1.70. The van der Waals surface area contributed by atoms with Gasteiger partial charge in [0.25, 0.3) is 0 Å².